The highest BCUT2D eigenvalue weighted by Gasteiger charge is 2.45. The van der Waals surface area contributed by atoms with Gasteiger partial charge >= 0.3 is 0 Å². The second kappa shape index (κ2) is 7.39. The first-order valence-electron chi connectivity index (χ1n) is 9.85. The van der Waals surface area contributed by atoms with Crippen molar-refractivity contribution in [2.45, 2.75) is 31.8 Å². The van der Waals surface area contributed by atoms with E-state index in [-0.39, 0.29) is 35.0 Å². The van der Waals surface area contributed by atoms with Gasteiger partial charge in [-0.05, 0) is 30.2 Å². The molecule has 4 rings (SSSR count). The molecular formula is C22H25N3O4. The fraction of sp³-hybridized carbons (Fsp3) is 0.409. The van der Waals surface area contributed by atoms with E-state index in [4.69, 9.17) is 0 Å². The highest BCUT2D eigenvalue weighted by molar-refractivity contribution is 5.81. The number of nitrogens with zero attached hydrogens (tertiary/aromatic N) is 3. The average Bonchev–Trinajstić information content (AvgIpc) is 2.68. The van der Waals surface area contributed by atoms with Crippen molar-refractivity contribution < 1.29 is 14.7 Å². The third kappa shape index (κ3) is 3.52. The van der Waals surface area contributed by atoms with Crippen LogP contribution in [0.25, 0.3) is 0 Å². The molecule has 29 heavy (non-hydrogen) atoms. The van der Waals surface area contributed by atoms with Crippen molar-refractivity contribution in [1.82, 2.24) is 14.4 Å². The highest BCUT2D eigenvalue weighted by atomic mass is 16.3. The maximum atomic E-state index is 13.5. The molecule has 0 radical (unpaired) electrons. The van der Waals surface area contributed by atoms with Gasteiger partial charge in [-0.1, -0.05) is 18.2 Å². The predicted molar refractivity (Wildman–Crippen MR) is 107 cm³/mol. The maximum absolute atomic E-state index is 13.5. The summed E-state index contributed by atoms with van der Waals surface area (Å²) < 4.78 is 1.64. The van der Waals surface area contributed by atoms with Crippen molar-refractivity contribution in [2.75, 3.05) is 20.1 Å². The minimum Gasteiger partial charge on any atom is -0.508 e. The standard InChI is InChI=1S/C22H25N3O4/c1-14(26)24-12-16-10-17(13-24)21(25-19(16)7-4-8-20(25)28)22(29)23(2)11-15-5-3-6-18(27)9-15/h3-9,16-17,21,27H,10-13H2,1-2H3/t16-,17+,21-/m1/s1. The predicted octanol–water partition coefficient (Wildman–Crippen LogP) is 1.72. The molecule has 2 aromatic rings. The van der Waals surface area contributed by atoms with Crippen molar-refractivity contribution in [2.24, 2.45) is 5.92 Å². The van der Waals surface area contributed by atoms with Crippen LogP contribution in [0.2, 0.25) is 0 Å². The molecule has 1 fully saturated rings. The van der Waals surface area contributed by atoms with Crippen LogP contribution in [-0.2, 0) is 16.1 Å². The quantitative estimate of drug-likeness (QED) is 0.858. The van der Waals surface area contributed by atoms with Crippen molar-refractivity contribution in [3.63, 3.8) is 0 Å². The third-order valence-electron chi connectivity index (χ3n) is 6.05. The molecule has 1 saturated heterocycles. The summed E-state index contributed by atoms with van der Waals surface area (Å²) in [5.41, 5.74) is 1.45. The summed E-state index contributed by atoms with van der Waals surface area (Å²) in [6.45, 7) is 2.93. The van der Waals surface area contributed by atoms with Gasteiger partial charge in [-0.3, -0.25) is 19.0 Å². The minimum absolute atomic E-state index is 0.00857. The van der Waals surface area contributed by atoms with Crippen LogP contribution >= 0.6 is 0 Å². The Labute approximate surface area is 169 Å². The molecule has 7 heteroatoms. The van der Waals surface area contributed by atoms with Crippen LogP contribution in [0.15, 0.2) is 47.3 Å². The zero-order valence-corrected chi connectivity index (χ0v) is 16.6. The lowest BCUT2D eigenvalue weighted by atomic mass is 9.78. The SMILES string of the molecule is CC(=O)N1C[C@H]2C[C@@H](C1)[C@H](C(=O)N(C)Cc1cccc(O)c1)n1c2cccc1=O. The van der Waals surface area contributed by atoms with Gasteiger partial charge in [0.25, 0.3) is 5.56 Å². The lowest BCUT2D eigenvalue weighted by Gasteiger charge is -2.46. The van der Waals surface area contributed by atoms with Gasteiger partial charge in [0, 0.05) is 57.2 Å². The first-order chi connectivity index (χ1) is 13.8. The van der Waals surface area contributed by atoms with E-state index in [1.165, 1.54) is 6.07 Å². The number of rotatable bonds is 3. The van der Waals surface area contributed by atoms with Crippen LogP contribution in [0.3, 0.4) is 0 Å². The van der Waals surface area contributed by atoms with Gasteiger partial charge in [0.05, 0.1) is 0 Å². The summed E-state index contributed by atoms with van der Waals surface area (Å²) in [5, 5.41) is 9.69. The van der Waals surface area contributed by atoms with Gasteiger partial charge in [-0.25, -0.2) is 0 Å². The number of hydrogen-bond acceptors (Lipinski definition) is 4. The summed E-state index contributed by atoms with van der Waals surface area (Å²) >= 11 is 0. The van der Waals surface area contributed by atoms with Crippen molar-refractivity contribution in [3.05, 3.63) is 64.1 Å². The van der Waals surface area contributed by atoms with Crippen LogP contribution < -0.4 is 5.56 Å². The van der Waals surface area contributed by atoms with Gasteiger partial charge in [0.1, 0.15) is 11.8 Å². The fourth-order valence-corrected chi connectivity index (χ4v) is 4.74. The topological polar surface area (TPSA) is 82.8 Å². The molecule has 2 aliphatic heterocycles. The zero-order valence-electron chi connectivity index (χ0n) is 16.6. The molecule has 152 valence electrons. The van der Waals surface area contributed by atoms with Crippen LogP contribution in [0, 0.1) is 5.92 Å². The number of carbonyl (C=O) groups is 2. The molecule has 7 nitrogen and oxygen atoms in total. The number of amides is 2. The number of piperidine rings is 1. The van der Waals surface area contributed by atoms with Gasteiger partial charge in [-0.2, -0.15) is 0 Å². The van der Waals surface area contributed by atoms with Gasteiger partial charge < -0.3 is 14.9 Å². The molecule has 1 N–H and O–H groups in total. The third-order valence-corrected chi connectivity index (χ3v) is 6.05. The monoisotopic (exact) mass is 395 g/mol. The van der Waals surface area contributed by atoms with Gasteiger partial charge in [-0.15, -0.1) is 0 Å². The highest BCUT2D eigenvalue weighted by Crippen LogP contribution is 2.41. The van der Waals surface area contributed by atoms with Crippen molar-refractivity contribution >= 4 is 11.8 Å². The average molecular weight is 395 g/mol. The zero-order chi connectivity index (χ0) is 20.7. The van der Waals surface area contributed by atoms with E-state index in [1.807, 2.05) is 12.1 Å². The van der Waals surface area contributed by atoms with Crippen molar-refractivity contribution in [1.29, 1.82) is 0 Å². The van der Waals surface area contributed by atoms with E-state index in [1.54, 1.807) is 52.6 Å². The smallest absolute Gasteiger partial charge is 0.251 e. The Hall–Kier alpha value is -3.09. The number of aromatic hydroxyl groups is 1. The van der Waals surface area contributed by atoms with Crippen molar-refractivity contribution in [3.8, 4) is 5.75 Å². The Morgan fingerprint density at radius 1 is 1.17 bits per heavy atom. The Kier molecular flexibility index (Phi) is 4.90. The van der Waals surface area contributed by atoms with Crippen LogP contribution in [0.5, 0.6) is 5.75 Å². The molecule has 1 aromatic carbocycles. The van der Waals surface area contributed by atoms with E-state index >= 15 is 0 Å². The van der Waals surface area contributed by atoms with E-state index in [2.05, 4.69) is 0 Å². The Balaban J connectivity index is 1.69. The second-order valence-electron chi connectivity index (χ2n) is 8.08. The minimum atomic E-state index is -0.639. The van der Waals surface area contributed by atoms with Crippen LogP contribution in [0.1, 0.15) is 36.6 Å². The Bertz CT molecular complexity index is 1020. The first-order valence-corrected chi connectivity index (χ1v) is 9.85. The number of phenolic OH excluding ortho intramolecular Hbond substituents is 1. The number of likely N-dealkylation sites (N-methyl/N-ethyl adjacent to an activating group) is 1. The molecular weight excluding hydrogens is 370 g/mol. The molecule has 0 spiro atoms. The van der Waals surface area contributed by atoms with Crippen LogP contribution in [-0.4, -0.2) is 51.4 Å². The van der Waals surface area contributed by atoms with E-state index in [9.17, 15) is 19.5 Å². The number of phenols is 1. The Morgan fingerprint density at radius 2 is 1.93 bits per heavy atom. The Morgan fingerprint density at radius 3 is 2.66 bits per heavy atom. The summed E-state index contributed by atoms with van der Waals surface area (Å²) in [7, 11) is 1.71. The number of carbonyl (C=O) groups excluding carboxylic acids is 2. The molecule has 1 aromatic heterocycles. The lowest BCUT2D eigenvalue weighted by Crippen LogP contribution is -2.54. The summed E-state index contributed by atoms with van der Waals surface area (Å²) in [6.07, 6.45) is 0.781. The largest absolute Gasteiger partial charge is 0.508 e. The normalized spacial score (nSPS) is 22.7. The van der Waals surface area contributed by atoms with Crippen LogP contribution in [0.4, 0.5) is 0 Å². The van der Waals surface area contributed by atoms with E-state index < -0.39 is 6.04 Å². The summed E-state index contributed by atoms with van der Waals surface area (Å²) in [4.78, 5) is 41.6. The van der Waals surface area contributed by atoms with E-state index in [0.717, 1.165) is 17.7 Å². The molecule has 0 saturated carbocycles. The number of fused-ring (bicyclic) bond motifs is 4. The lowest BCUT2D eigenvalue weighted by molar-refractivity contribution is -0.141. The summed E-state index contributed by atoms with van der Waals surface area (Å²) in [6, 6.07) is 11.3. The molecule has 2 aliphatic rings. The van der Waals surface area contributed by atoms with Gasteiger partial charge in [0.15, 0.2) is 0 Å². The summed E-state index contributed by atoms with van der Waals surface area (Å²) in [5.74, 6) is -0.0614. The van der Waals surface area contributed by atoms with Gasteiger partial charge in [0.2, 0.25) is 11.8 Å². The second-order valence-corrected chi connectivity index (χ2v) is 8.08. The number of likely N-dealkylation sites (tertiary alicyclic amines) is 1. The molecule has 2 bridgehead atoms. The molecule has 0 aliphatic carbocycles. The number of benzene rings is 1. The number of pyridine rings is 1. The molecule has 3 atom stereocenters. The fourth-order valence-electron chi connectivity index (χ4n) is 4.74. The number of hydrogen-bond donors (Lipinski definition) is 1. The molecule has 2 amide bonds. The first kappa shape index (κ1) is 19.2. The molecule has 3 heterocycles. The number of aromatic nitrogens is 1. The maximum Gasteiger partial charge on any atom is 0.251 e. The molecule has 0 unspecified atom stereocenters. The van der Waals surface area contributed by atoms with E-state index in [0.29, 0.717) is 19.6 Å².